The molecule has 0 bridgehead atoms. The highest BCUT2D eigenvalue weighted by Crippen LogP contribution is 2.16. The van der Waals surface area contributed by atoms with Gasteiger partial charge in [-0.05, 0) is 43.0 Å². The molecule has 2 N–H and O–H groups in total. The van der Waals surface area contributed by atoms with E-state index in [1.54, 1.807) is 12.4 Å². The number of rotatable bonds is 3. The van der Waals surface area contributed by atoms with Crippen molar-refractivity contribution in [1.29, 1.82) is 0 Å². The predicted octanol–water partition coefficient (Wildman–Crippen LogP) is 0.821. The van der Waals surface area contributed by atoms with Crippen LogP contribution in [0.15, 0.2) is 24.5 Å². The van der Waals surface area contributed by atoms with Crippen molar-refractivity contribution in [2.45, 2.75) is 19.3 Å². The van der Waals surface area contributed by atoms with E-state index in [4.69, 9.17) is 5.73 Å². The molecule has 2 heterocycles. The summed E-state index contributed by atoms with van der Waals surface area (Å²) in [6.45, 7) is 2.45. The SMILES string of the molecule is NCC1CCN(C(=O)Cc2ccncc2)CC1. The van der Waals surface area contributed by atoms with Gasteiger partial charge in [0.05, 0.1) is 6.42 Å². The monoisotopic (exact) mass is 233 g/mol. The molecule has 0 spiro atoms. The Balaban J connectivity index is 1.85. The molecule has 0 atom stereocenters. The number of pyridine rings is 1. The van der Waals surface area contributed by atoms with E-state index in [0.717, 1.165) is 38.0 Å². The average Bonchev–Trinajstić information content (AvgIpc) is 2.40. The minimum atomic E-state index is 0.215. The number of nitrogens with two attached hydrogens (primary N) is 1. The van der Waals surface area contributed by atoms with E-state index in [1.807, 2.05) is 17.0 Å². The van der Waals surface area contributed by atoms with E-state index in [2.05, 4.69) is 4.98 Å². The lowest BCUT2D eigenvalue weighted by atomic mass is 9.97. The molecular formula is C13H19N3O. The summed E-state index contributed by atoms with van der Waals surface area (Å²) in [5, 5.41) is 0. The molecule has 0 aromatic carbocycles. The quantitative estimate of drug-likeness (QED) is 0.841. The number of aromatic nitrogens is 1. The van der Waals surface area contributed by atoms with Gasteiger partial charge in [-0.15, -0.1) is 0 Å². The van der Waals surface area contributed by atoms with Gasteiger partial charge in [-0.25, -0.2) is 0 Å². The smallest absolute Gasteiger partial charge is 0.226 e. The van der Waals surface area contributed by atoms with E-state index in [9.17, 15) is 4.79 Å². The third-order valence-electron chi connectivity index (χ3n) is 3.41. The molecule has 1 aromatic heterocycles. The Morgan fingerprint density at radius 3 is 2.59 bits per heavy atom. The fourth-order valence-electron chi connectivity index (χ4n) is 2.21. The summed E-state index contributed by atoms with van der Waals surface area (Å²) in [4.78, 5) is 17.9. The molecule has 0 unspecified atom stereocenters. The molecule has 17 heavy (non-hydrogen) atoms. The Morgan fingerprint density at radius 1 is 1.35 bits per heavy atom. The van der Waals surface area contributed by atoms with E-state index < -0.39 is 0 Å². The summed E-state index contributed by atoms with van der Waals surface area (Å²) >= 11 is 0. The van der Waals surface area contributed by atoms with Gasteiger partial charge in [0.1, 0.15) is 0 Å². The summed E-state index contributed by atoms with van der Waals surface area (Å²) in [5.74, 6) is 0.812. The van der Waals surface area contributed by atoms with Crippen LogP contribution in [0.1, 0.15) is 18.4 Å². The van der Waals surface area contributed by atoms with Gasteiger partial charge in [0.15, 0.2) is 0 Å². The molecule has 1 amide bonds. The van der Waals surface area contributed by atoms with E-state index in [1.165, 1.54) is 0 Å². The van der Waals surface area contributed by atoms with Gasteiger partial charge in [-0.2, -0.15) is 0 Å². The van der Waals surface area contributed by atoms with Crippen molar-refractivity contribution >= 4 is 5.91 Å². The molecule has 0 saturated carbocycles. The lowest BCUT2D eigenvalue weighted by Crippen LogP contribution is -2.40. The lowest BCUT2D eigenvalue weighted by molar-refractivity contribution is -0.131. The third kappa shape index (κ3) is 3.27. The normalized spacial score (nSPS) is 17.1. The molecule has 4 heteroatoms. The maximum Gasteiger partial charge on any atom is 0.226 e. The molecule has 1 aromatic rings. The Morgan fingerprint density at radius 2 is 2.00 bits per heavy atom. The zero-order chi connectivity index (χ0) is 12.1. The summed E-state index contributed by atoms with van der Waals surface area (Å²) in [7, 11) is 0. The van der Waals surface area contributed by atoms with Gasteiger partial charge in [-0.1, -0.05) is 0 Å². The van der Waals surface area contributed by atoms with Crippen molar-refractivity contribution in [2.75, 3.05) is 19.6 Å². The highest BCUT2D eigenvalue weighted by molar-refractivity contribution is 5.78. The molecular weight excluding hydrogens is 214 g/mol. The van der Waals surface area contributed by atoms with Crippen LogP contribution >= 0.6 is 0 Å². The van der Waals surface area contributed by atoms with Crippen LogP contribution in [-0.2, 0) is 11.2 Å². The topological polar surface area (TPSA) is 59.2 Å². The van der Waals surface area contributed by atoms with Crippen molar-refractivity contribution in [3.63, 3.8) is 0 Å². The van der Waals surface area contributed by atoms with Gasteiger partial charge in [0.25, 0.3) is 0 Å². The summed E-state index contributed by atoms with van der Waals surface area (Å²) in [5.41, 5.74) is 6.67. The number of piperidine rings is 1. The van der Waals surface area contributed by atoms with Crippen LogP contribution in [0, 0.1) is 5.92 Å². The van der Waals surface area contributed by atoms with Gasteiger partial charge in [0.2, 0.25) is 5.91 Å². The predicted molar refractivity (Wildman–Crippen MR) is 66.3 cm³/mol. The molecule has 0 radical (unpaired) electrons. The van der Waals surface area contributed by atoms with Crippen molar-refractivity contribution in [1.82, 2.24) is 9.88 Å². The second-order valence-electron chi connectivity index (χ2n) is 4.59. The van der Waals surface area contributed by atoms with Crippen LogP contribution in [0.3, 0.4) is 0 Å². The number of nitrogens with zero attached hydrogens (tertiary/aromatic N) is 2. The molecule has 4 nitrogen and oxygen atoms in total. The van der Waals surface area contributed by atoms with Gasteiger partial charge in [0, 0.05) is 25.5 Å². The summed E-state index contributed by atoms with van der Waals surface area (Å²) in [6.07, 6.45) is 6.01. The number of amides is 1. The van der Waals surface area contributed by atoms with Crippen LogP contribution in [-0.4, -0.2) is 35.4 Å². The van der Waals surface area contributed by atoms with Gasteiger partial charge >= 0.3 is 0 Å². The Bertz CT molecular complexity index is 358. The molecule has 2 rings (SSSR count). The first kappa shape index (κ1) is 12.0. The number of likely N-dealkylation sites (tertiary alicyclic amines) is 1. The van der Waals surface area contributed by atoms with E-state index in [0.29, 0.717) is 12.3 Å². The number of carbonyl (C=O) groups excluding carboxylic acids is 1. The second-order valence-corrected chi connectivity index (χ2v) is 4.59. The fraction of sp³-hybridized carbons (Fsp3) is 0.538. The number of carbonyl (C=O) groups is 1. The molecule has 1 fully saturated rings. The minimum Gasteiger partial charge on any atom is -0.342 e. The van der Waals surface area contributed by atoms with Crippen LogP contribution in [0.25, 0.3) is 0 Å². The van der Waals surface area contributed by atoms with Crippen molar-refractivity contribution in [3.05, 3.63) is 30.1 Å². The van der Waals surface area contributed by atoms with Crippen molar-refractivity contribution in [2.24, 2.45) is 11.7 Å². The Hall–Kier alpha value is -1.42. The van der Waals surface area contributed by atoms with Crippen LogP contribution in [0.5, 0.6) is 0 Å². The Kier molecular flexibility index (Phi) is 4.09. The minimum absolute atomic E-state index is 0.215. The highest BCUT2D eigenvalue weighted by Gasteiger charge is 2.21. The van der Waals surface area contributed by atoms with Gasteiger partial charge < -0.3 is 10.6 Å². The maximum atomic E-state index is 12.0. The lowest BCUT2D eigenvalue weighted by Gasteiger charge is -2.31. The Labute approximate surface area is 102 Å². The standard InChI is InChI=1S/C13H19N3O/c14-10-12-3-7-16(8-4-12)13(17)9-11-1-5-15-6-2-11/h1-2,5-6,12H,3-4,7-10,14H2. The molecule has 1 saturated heterocycles. The summed E-state index contributed by atoms with van der Waals surface area (Å²) in [6, 6.07) is 3.79. The molecule has 92 valence electrons. The van der Waals surface area contributed by atoms with Crippen LogP contribution < -0.4 is 5.73 Å². The average molecular weight is 233 g/mol. The summed E-state index contributed by atoms with van der Waals surface area (Å²) < 4.78 is 0. The van der Waals surface area contributed by atoms with Crippen molar-refractivity contribution in [3.8, 4) is 0 Å². The zero-order valence-corrected chi connectivity index (χ0v) is 10.0. The first-order chi connectivity index (χ1) is 8.29. The van der Waals surface area contributed by atoms with Crippen molar-refractivity contribution < 1.29 is 4.79 Å². The van der Waals surface area contributed by atoms with Crippen LogP contribution in [0.2, 0.25) is 0 Å². The van der Waals surface area contributed by atoms with Crippen LogP contribution in [0.4, 0.5) is 0 Å². The molecule has 0 aliphatic carbocycles. The number of hydrogen-bond donors (Lipinski definition) is 1. The molecule has 1 aliphatic heterocycles. The fourth-order valence-corrected chi connectivity index (χ4v) is 2.21. The zero-order valence-electron chi connectivity index (χ0n) is 10.0. The first-order valence-corrected chi connectivity index (χ1v) is 6.16. The van der Waals surface area contributed by atoms with Gasteiger partial charge in [-0.3, -0.25) is 9.78 Å². The first-order valence-electron chi connectivity index (χ1n) is 6.16. The number of hydrogen-bond acceptors (Lipinski definition) is 3. The third-order valence-corrected chi connectivity index (χ3v) is 3.41. The maximum absolute atomic E-state index is 12.0. The molecule has 1 aliphatic rings. The van der Waals surface area contributed by atoms with E-state index in [-0.39, 0.29) is 5.91 Å². The highest BCUT2D eigenvalue weighted by atomic mass is 16.2. The van der Waals surface area contributed by atoms with E-state index >= 15 is 0 Å². The second kappa shape index (κ2) is 5.77. The largest absolute Gasteiger partial charge is 0.342 e.